The Hall–Kier alpha value is -1.22. The molecule has 2 aromatic heterocycles. The lowest BCUT2D eigenvalue weighted by Gasteiger charge is -1.91. The lowest BCUT2D eigenvalue weighted by atomic mass is 10.3. The molecule has 0 atom stereocenters. The molecule has 2 aromatic rings. The van der Waals surface area contributed by atoms with Crippen LogP contribution in [0.15, 0.2) is 35.3 Å². The molecule has 0 amide bonds. The van der Waals surface area contributed by atoms with E-state index in [1.165, 1.54) is 0 Å². The number of thiazole rings is 1. The second-order valence-corrected chi connectivity index (χ2v) is 2.81. The van der Waals surface area contributed by atoms with E-state index in [0.29, 0.717) is 0 Å². The van der Waals surface area contributed by atoms with Gasteiger partial charge in [0.15, 0.2) is 0 Å². The third-order valence-electron chi connectivity index (χ3n) is 1.36. The van der Waals surface area contributed by atoms with Gasteiger partial charge in [-0.15, -0.1) is 11.3 Å². The zero-order chi connectivity index (χ0) is 7.52. The first-order chi connectivity index (χ1) is 5.47. The molecule has 0 fully saturated rings. The number of hydrogen-bond acceptors (Lipinski definition) is 3. The Bertz CT molecular complexity index is 315. The Morgan fingerprint density at radius 2 is 2.09 bits per heavy atom. The van der Waals surface area contributed by atoms with Gasteiger partial charge in [-0.05, 0) is 12.1 Å². The number of hydrogen-bond donors (Lipinski definition) is 0. The summed E-state index contributed by atoms with van der Waals surface area (Å²) >= 11 is 1.58. The standard InChI is InChI=1S/C8H6N2S/c1-2-4-9-7(3-1)8-5-11-6-10-8/h1-6H. The molecule has 0 aliphatic heterocycles. The van der Waals surface area contributed by atoms with Crippen molar-refractivity contribution in [1.29, 1.82) is 0 Å². The van der Waals surface area contributed by atoms with Gasteiger partial charge in [0.1, 0.15) is 0 Å². The summed E-state index contributed by atoms with van der Waals surface area (Å²) in [4.78, 5) is 8.31. The van der Waals surface area contributed by atoms with Crippen LogP contribution in [0.25, 0.3) is 11.4 Å². The molecule has 11 heavy (non-hydrogen) atoms. The molecule has 0 aliphatic carbocycles. The Balaban J connectivity index is 2.46. The van der Waals surface area contributed by atoms with Gasteiger partial charge in [-0.25, -0.2) is 4.98 Å². The fraction of sp³-hybridized carbons (Fsp3) is 0. The highest BCUT2D eigenvalue weighted by atomic mass is 32.1. The Morgan fingerprint density at radius 3 is 2.73 bits per heavy atom. The van der Waals surface area contributed by atoms with Crippen LogP contribution in [0.5, 0.6) is 0 Å². The van der Waals surface area contributed by atoms with Gasteiger partial charge in [0.25, 0.3) is 0 Å². The van der Waals surface area contributed by atoms with E-state index >= 15 is 0 Å². The first-order valence-electron chi connectivity index (χ1n) is 3.26. The number of pyridine rings is 1. The van der Waals surface area contributed by atoms with E-state index in [1.807, 2.05) is 29.1 Å². The molecule has 3 heteroatoms. The van der Waals surface area contributed by atoms with Crippen LogP contribution in [0.4, 0.5) is 0 Å². The maximum absolute atomic E-state index is 4.17. The summed E-state index contributed by atoms with van der Waals surface area (Å²) in [5, 5.41) is 1.99. The molecule has 0 radical (unpaired) electrons. The van der Waals surface area contributed by atoms with E-state index in [2.05, 4.69) is 9.97 Å². The summed E-state index contributed by atoms with van der Waals surface area (Å²) in [6.45, 7) is 0. The molecule has 0 unspecified atom stereocenters. The van der Waals surface area contributed by atoms with E-state index < -0.39 is 0 Å². The second kappa shape index (κ2) is 2.80. The fourth-order valence-corrected chi connectivity index (χ4v) is 1.40. The zero-order valence-corrected chi connectivity index (χ0v) is 6.58. The van der Waals surface area contributed by atoms with Crippen LogP contribution < -0.4 is 0 Å². The fourth-order valence-electron chi connectivity index (χ4n) is 0.853. The molecule has 0 saturated carbocycles. The minimum atomic E-state index is 0.939. The van der Waals surface area contributed by atoms with Crippen LogP contribution >= 0.6 is 11.3 Å². The summed E-state index contributed by atoms with van der Waals surface area (Å²) in [5.41, 5.74) is 3.70. The van der Waals surface area contributed by atoms with Gasteiger partial charge < -0.3 is 0 Å². The van der Waals surface area contributed by atoms with E-state index in [-0.39, 0.29) is 0 Å². The van der Waals surface area contributed by atoms with Crippen LogP contribution in [-0.2, 0) is 0 Å². The summed E-state index contributed by atoms with van der Waals surface area (Å²) in [6.07, 6.45) is 1.77. The molecule has 0 aliphatic rings. The van der Waals surface area contributed by atoms with Gasteiger partial charge in [-0.3, -0.25) is 4.98 Å². The minimum absolute atomic E-state index is 0.939. The van der Waals surface area contributed by atoms with Crippen molar-refractivity contribution in [3.8, 4) is 11.4 Å². The first kappa shape index (κ1) is 6.49. The van der Waals surface area contributed by atoms with Gasteiger partial charge in [0, 0.05) is 11.6 Å². The van der Waals surface area contributed by atoms with Crippen molar-refractivity contribution in [3.05, 3.63) is 35.3 Å². The average Bonchev–Trinajstić information content (AvgIpc) is 2.58. The number of rotatable bonds is 1. The van der Waals surface area contributed by atoms with E-state index in [4.69, 9.17) is 0 Å². The Morgan fingerprint density at radius 1 is 1.09 bits per heavy atom. The highest BCUT2D eigenvalue weighted by Crippen LogP contribution is 2.14. The van der Waals surface area contributed by atoms with Crippen LogP contribution in [0.2, 0.25) is 0 Å². The predicted molar refractivity (Wildman–Crippen MR) is 45.3 cm³/mol. The molecular formula is C8H6N2S. The van der Waals surface area contributed by atoms with Crippen molar-refractivity contribution in [2.24, 2.45) is 0 Å². The summed E-state index contributed by atoms with van der Waals surface area (Å²) in [5.74, 6) is 0. The summed E-state index contributed by atoms with van der Waals surface area (Å²) in [6, 6.07) is 5.81. The molecule has 0 spiro atoms. The van der Waals surface area contributed by atoms with Gasteiger partial charge in [0.05, 0.1) is 16.9 Å². The van der Waals surface area contributed by atoms with Crippen LogP contribution in [0.3, 0.4) is 0 Å². The van der Waals surface area contributed by atoms with Gasteiger partial charge in [0.2, 0.25) is 0 Å². The SMILES string of the molecule is c1ccc(-c2cscn2)nc1. The van der Waals surface area contributed by atoms with Crippen molar-refractivity contribution >= 4 is 11.3 Å². The maximum atomic E-state index is 4.17. The maximum Gasteiger partial charge on any atom is 0.0995 e. The first-order valence-corrected chi connectivity index (χ1v) is 4.21. The van der Waals surface area contributed by atoms with Crippen LogP contribution in [0.1, 0.15) is 0 Å². The largest absolute Gasteiger partial charge is 0.255 e. The highest BCUT2D eigenvalue weighted by Gasteiger charge is 1.97. The second-order valence-electron chi connectivity index (χ2n) is 2.09. The molecular weight excluding hydrogens is 156 g/mol. The summed E-state index contributed by atoms with van der Waals surface area (Å²) in [7, 11) is 0. The molecule has 2 rings (SSSR count). The van der Waals surface area contributed by atoms with Crippen molar-refractivity contribution in [1.82, 2.24) is 9.97 Å². The van der Waals surface area contributed by atoms with Gasteiger partial charge >= 0.3 is 0 Å². The molecule has 0 saturated heterocycles. The molecule has 0 bridgehead atoms. The monoisotopic (exact) mass is 162 g/mol. The van der Waals surface area contributed by atoms with E-state index in [1.54, 1.807) is 17.5 Å². The summed E-state index contributed by atoms with van der Waals surface area (Å²) < 4.78 is 0. The van der Waals surface area contributed by atoms with Crippen molar-refractivity contribution in [3.63, 3.8) is 0 Å². The topological polar surface area (TPSA) is 25.8 Å². The lowest BCUT2D eigenvalue weighted by Crippen LogP contribution is -1.79. The van der Waals surface area contributed by atoms with Crippen molar-refractivity contribution in [2.45, 2.75) is 0 Å². The quantitative estimate of drug-likeness (QED) is 0.642. The third kappa shape index (κ3) is 1.28. The normalized spacial score (nSPS) is 9.82. The van der Waals surface area contributed by atoms with E-state index in [9.17, 15) is 0 Å². The third-order valence-corrected chi connectivity index (χ3v) is 1.95. The lowest BCUT2D eigenvalue weighted by molar-refractivity contribution is 1.28. The molecule has 54 valence electrons. The van der Waals surface area contributed by atoms with Crippen LogP contribution in [-0.4, -0.2) is 9.97 Å². The Labute approximate surface area is 68.6 Å². The molecule has 0 aromatic carbocycles. The molecule has 0 N–H and O–H groups in total. The number of nitrogens with zero attached hydrogens (tertiary/aromatic N) is 2. The smallest absolute Gasteiger partial charge is 0.0995 e. The predicted octanol–water partition coefficient (Wildman–Crippen LogP) is 2.21. The van der Waals surface area contributed by atoms with E-state index in [0.717, 1.165) is 11.4 Å². The minimum Gasteiger partial charge on any atom is -0.255 e. The average molecular weight is 162 g/mol. The van der Waals surface area contributed by atoms with Crippen LogP contribution in [0, 0.1) is 0 Å². The Kier molecular flexibility index (Phi) is 1.65. The number of aromatic nitrogens is 2. The van der Waals surface area contributed by atoms with Crippen molar-refractivity contribution in [2.75, 3.05) is 0 Å². The molecule has 2 nitrogen and oxygen atoms in total. The molecule has 2 heterocycles. The van der Waals surface area contributed by atoms with Crippen molar-refractivity contribution < 1.29 is 0 Å². The van der Waals surface area contributed by atoms with Gasteiger partial charge in [-0.1, -0.05) is 6.07 Å². The highest BCUT2D eigenvalue weighted by molar-refractivity contribution is 7.07. The van der Waals surface area contributed by atoms with Gasteiger partial charge in [-0.2, -0.15) is 0 Å². The zero-order valence-electron chi connectivity index (χ0n) is 5.77.